The Kier molecular flexibility index (Phi) is 6.28. The third kappa shape index (κ3) is 4.13. The number of ether oxygens (including phenoxy) is 1. The number of fused-ring (bicyclic) bond motifs is 1. The van der Waals surface area contributed by atoms with E-state index in [0.29, 0.717) is 21.5 Å². The number of hydrogen-bond donors (Lipinski definition) is 0. The molecule has 0 aliphatic carbocycles. The van der Waals surface area contributed by atoms with Gasteiger partial charge >= 0.3 is 5.69 Å². The molecule has 0 unspecified atom stereocenters. The maximum atomic E-state index is 14.6. The first-order valence-electron chi connectivity index (χ1n) is 11.3. The Bertz CT molecular complexity index is 1670. The van der Waals surface area contributed by atoms with Gasteiger partial charge in [0.2, 0.25) is 0 Å². The van der Waals surface area contributed by atoms with E-state index < -0.39 is 22.9 Å². The summed E-state index contributed by atoms with van der Waals surface area (Å²) in [6, 6.07) is 20.1. The third-order valence-electron chi connectivity index (χ3n) is 6.21. The quantitative estimate of drug-likeness (QED) is 0.303. The fourth-order valence-corrected chi connectivity index (χ4v) is 5.60. The van der Waals surface area contributed by atoms with E-state index in [0.717, 1.165) is 32.7 Å². The van der Waals surface area contributed by atoms with Crippen LogP contribution < -0.4 is 16.0 Å². The fourth-order valence-electron chi connectivity index (χ4n) is 4.30. The van der Waals surface area contributed by atoms with Crippen molar-refractivity contribution in [3.05, 3.63) is 122 Å². The summed E-state index contributed by atoms with van der Waals surface area (Å²) in [4.78, 5) is 28.5. The molecule has 5 aromatic rings. The molecule has 5 rings (SSSR count). The maximum absolute atomic E-state index is 14.6. The molecule has 3 aromatic carbocycles. The summed E-state index contributed by atoms with van der Waals surface area (Å²) in [7, 11) is 1.58. The molecule has 0 aliphatic rings. The number of thiophene rings is 1. The summed E-state index contributed by atoms with van der Waals surface area (Å²) in [6.45, 7) is 1.53. The first-order valence-corrected chi connectivity index (χ1v) is 12.1. The Morgan fingerprint density at radius 2 is 1.50 bits per heavy atom. The fraction of sp³-hybridized carbons (Fsp3) is 0.143. The molecule has 0 amide bonds. The lowest BCUT2D eigenvalue weighted by atomic mass is 10.1. The Labute approximate surface area is 209 Å². The summed E-state index contributed by atoms with van der Waals surface area (Å²) in [5.74, 6) is -0.811. The van der Waals surface area contributed by atoms with Crippen molar-refractivity contribution in [3.8, 4) is 16.2 Å². The van der Waals surface area contributed by atoms with Crippen LogP contribution in [0.4, 0.5) is 8.78 Å². The van der Waals surface area contributed by atoms with Crippen LogP contribution in [-0.4, -0.2) is 16.2 Å². The van der Waals surface area contributed by atoms with Crippen molar-refractivity contribution in [1.82, 2.24) is 9.13 Å². The zero-order chi connectivity index (χ0) is 25.4. The number of halogens is 2. The van der Waals surface area contributed by atoms with Gasteiger partial charge in [-0.25, -0.2) is 13.6 Å². The molecule has 2 aromatic heterocycles. The van der Waals surface area contributed by atoms with Crippen LogP contribution in [0.15, 0.2) is 82.4 Å². The van der Waals surface area contributed by atoms with E-state index in [4.69, 9.17) is 4.74 Å². The van der Waals surface area contributed by atoms with Crippen LogP contribution in [0, 0.1) is 18.6 Å². The van der Waals surface area contributed by atoms with Crippen LogP contribution in [0.1, 0.15) is 16.7 Å². The van der Waals surface area contributed by atoms with Crippen LogP contribution >= 0.6 is 11.3 Å². The van der Waals surface area contributed by atoms with Gasteiger partial charge in [0.15, 0.2) is 0 Å². The largest absolute Gasteiger partial charge is 0.497 e. The van der Waals surface area contributed by atoms with Crippen LogP contribution in [0.3, 0.4) is 0 Å². The highest BCUT2D eigenvalue weighted by molar-refractivity contribution is 7.22. The molecular formula is C28H22F2N2O3S. The molecular weight excluding hydrogens is 482 g/mol. The van der Waals surface area contributed by atoms with E-state index in [1.165, 1.54) is 22.0 Å². The van der Waals surface area contributed by atoms with Crippen molar-refractivity contribution >= 4 is 21.6 Å². The molecule has 2 heterocycles. The van der Waals surface area contributed by atoms with Crippen LogP contribution in [0.25, 0.3) is 20.7 Å². The van der Waals surface area contributed by atoms with Gasteiger partial charge in [0.1, 0.15) is 22.2 Å². The minimum absolute atomic E-state index is 0.0430. The lowest BCUT2D eigenvalue weighted by Gasteiger charge is -2.13. The molecule has 0 radical (unpaired) electrons. The number of benzene rings is 3. The van der Waals surface area contributed by atoms with Crippen molar-refractivity contribution in [1.29, 1.82) is 0 Å². The molecule has 0 atom stereocenters. The molecule has 0 N–H and O–H groups in total. The van der Waals surface area contributed by atoms with Gasteiger partial charge in [0, 0.05) is 10.4 Å². The number of rotatable bonds is 6. The normalized spacial score (nSPS) is 11.2. The van der Waals surface area contributed by atoms with Gasteiger partial charge in [-0.2, -0.15) is 0 Å². The molecule has 0 bridgehead atoms. The Hall–Kier alpha value is -4.04. The van der Waals surface area contributed by atoms with Crippen LogP contribution in [-0.2, 0) is 13.1 Å². The van der Waals surface area contributed by atoms with Crippen molar-refractivity contribution in [2.45, 2.75) is 20.0 Å². The van der Waals surface area contributed by atoms with E-state index in [-0.39, 0.29) is 18.7 Å². The Balaban J connectivity index is 1.78. The standard InChI is InChI=1S/C28H22F2N2O3S/c1-17-24-26(33)31(15-18-7-4-3-5-8-18)28(34)32(16-21-22(29)9-6-10-23(21)30)27(24)36-25(17)19-11-13-20(35-2)14-12-19/h3-14H,15-16H2,1-2H3. The summed E-state index contributed by atoms with van der Waals surface area (Å²) >= 11 is 1.26. The van der Waals surface area contributed by atoms with Crippen molar-refractivity contribution in [2.24, 2.45) is 0 Å². The maximum Gasteiger partial charge on any atom is 0.332 e. The van der Waals surface area contributed by atoms with E-state index in [2.05, 4.69) is 0 Å². The molecule has 0 aliphatic heterocycles. The van der Waals surface area contributed by atoms with Crippen molar-refractivity contribution in [2.75, 3.05) is 7.11 Å². The lowest BCUT2D eigenvalue weighted by molar-refractivity contribution is 0.415. The highest BCUT2D eigenvalue weighted by Gasteiger charge is 2.22. The zero-order valence-corrected chi connectivity index (χ0v) is 20.4. The first kappa shape index (κ1) is 23.7. The second-order valence-corrected chi connectivity index (χ2v) is 9.41. The minimum atomic E-state index is -0.750. The number of aryl methyl sites for hydroxylation is 1. The second-order valence-electron chi connectivity index (χ2n) is 8.41. The summed E-state index contributed by atoms with van der Waals surface area (Å²) in [5, 5.41) is 0.359. The number of aromatic nitrogens is 2. The molecule has 0 saturated carbocycles. The van der Waals surface area contributed by atoms with Gasteiger partial charge in [-0.15, -0.1) is 11.3 Å². The first-order chi connectivity index (χ1) is 17.4. The van der Waals surface area contributed by atoms with Gasteiger partial charge in [0.25, 0.3) is 5.56 Å². The molecule has 5 nitrogen and oxygen atoms in total. The monoisotopic (exact) mass is 504 g/mol. The van der Waals surface area contributed by atoms with Crippen molar-refractivity contribution < 1.29 is 13.5 Å². The number of methoxy groups -OCH3 is 1. The van der Waals surface area contributed by atoms with Gasteiger partial charge in [-0.1, -0.05) is 36.4 Å². The zero-order valence-electron chi connectivity index (χ0n) is 19.6. The average molecular weight is 505 g/mol. The molecule has 8 heteroatoms. The topological polar surface area (TPSA) is 53.2 Å². The third-order valence-corrected chi connectivity index (χ3v) is 7.57. The molecule has 182 valence electrons. The molecule has 36 heavy (non-hydrogen) atoms. The van der Waals surface area contributed by atoms with Gasteiger partial charge in [-0.3, -0.25) is 13.9 Å². The van der Waals surface area contributed by atoms with Gasteiger partial charge < -0.3 is 4.74 Å². The highest BCUT2D eigenvalue weighted by Crippen LogP contribution is 2.37. The summed E-state index contributed by atoms with van der Waals surface area (Å²) in [6.07, 6.45) is 0. The Morgan fingerprint density at radius 3 is 2.14 bits per heavy atom. The number of nitrogens with zero attached hydrogens (tertiary/aromatic N) is 2. The molecule has 0 saturated heterocycles. The predicted octanol–water partition coefficient (Wildman–Crippen LogP) is 5.58. The lowest BCUT2D eigenvalue weighted by Crippen LogP contribution is -2.40. The number of hydrogen-bond acceptors (Lipinski definition) is 4. The van der Waals surface area contributed by atoms with E-state index in [1.807, 2.05) is 61.5 Å². The molecule has 0 fully saturated rings. The smallest absolute Gasteiger partial charge is 0.332 e. The predicted molar refractivity (Wildman–Crippen MR) is 138 cm³/mol. The summed E-state index contributed by atoms with van der Waals surface area (Å²) in [5.41, 5.74) is 1.03. The SMILES string of the molecule is COc1ccc(-c2sc3c(c2C)c(=O)n(Cc2ccccc2)c(=O)n3Cc2c(F)cccc2F)cc1. The van der Waals surface area contributed by atoms with Crippen molar-refractivity contribution in [3.63, 3.8) is 0 Å². The molecule has 0 spiro atoms. The van der Waals surface area contributed by atoms with Crippen LogP contribution in [0.5, 0.6) is 5.75 Å². The summed E-state index contributed by atoms with van der Waals surface area (Å²) < 4.78 is 36.8. The van der Waals surface area contributed by atoms with E-state index in [1.54, 1.807) is 7.11 Å². The minimum Gasteiger partial charge on any atom is -0.497 e. The highest BCUT2D eigenvalue weighted by atomic mass is 32.1. The van der Waals surface area contributed by atoms with Gasteiger partial charge in [0.05, 0.1) is 25.6 Å². The van der Waals surface area contributed by atoms with E-state index in [9.17, 15) is 18.4 Å². The van der Waals surface area contributed by atoms with Crippen LogP contribution in [0.2, 0.25) is 0 Å². The average Bonchev–Trinajstić information content (AvgIpc) is 3.23. The van der Waals surface area contributed by atoms with Gasteiger partial charge in [-0.05, 0) is 60.0 Å². The van der Waals surface area contributed by atoms with E-state index >= 15 is 0 Å². The Morgan fingerprint density at radius 1 is 0.833 bits per heavy atom. The second kappa shape index (κ2) is 9.54.